The highest BCUT2D eigenvalue weighted by Crippen LogP contribution is 2.16. The van der Waals surface area contributed by atoms with Crippen LogP contribution in [0.15, 0.2) is 42.5 Å². The third kappa shape index (κ3) is 5.81. The summed E-state index contributed by atoms with van der Waals surface area (Å²) in [6.45, 7) is 6.90. The molecular weight excluding hydrogens is 332 g/mol. The van der Waals surface area contributed by atoms with Gasteiger partial charge >= 0.3 is 12.0 Å². The molecule has 2 aromatic carbocycles. The molecule has 0 aliphatic rings. The second-order valence-corrected chi connectivity index (χ2v) is 5.77. The molecule has 26 heavy (non-hydrogen) atoms. The van der Waals surface area contributed by atoms with Crippen LogP contribution in [0.4, 0.5) is 10.5 Å². The van der Waals surface area contributed by atoms with Crippen LogP contribution in [0.5, 0.6) is 5.75 Å². The Bertz CT molecular complexity index is 757. The molecule has 0 aromatic heterocycles. The van der Waals surface area contributed by atoms with Crippen LogP contribution in [-0.2, 0) is 4.74 Å². The third-order valence-corrected chi connectivity index (χ3v) is 3.79. The van der Waals surface area contributed by atoms with Crippen LogP contribution in [0.25, 0.3) is 0 Å². The van der Waals surface area contributed by atoms with Gasteiger partial charge in [-0.05, 0) is 68.3 Å². The maximum Gasteiger partial charge on any atom is 0.338 e. The molecule has 2 N–H and O–H groups in total. The first-order chi connectivity index (χ1) is 12.5. The van der Waals surface area contributed by atoms with E-state index in [0.717, 1.165) is 5.75 Å². The Morgan fingerprint density at radius 2 is 1.73 bits per heavy atom. The van der Waals surface area contributed by atoms with E-state index in [4.69, 9.17) is 9.47 Å². The summed E-state index contributed by atoms with van der Waals surface area (Å²) in [5.41, 5.74) is 3.41. The van der Waals surface area contributed by atoms with Gasteiger partial charge < -0.3 is 20.1 Å². The lowest BCUT2D eigenvalue weighted by Gasteiger charge is -2.10. The zero-order valence-corrected chi connectivity index (χ0v) is 15.3. The van der Waals surface area contributed by atoms with E-state index in [-0.39, 0.29) is 12.0 Å². The monoisotopic (exact) mass is 356 g/mol. The van der Waals surface area contributed by atoms with E-state index in [9.17, 15) is 9.59 Å². The summed E-state index contributed by atoms with van der Waals surface area (Å²) in [5, 5.41) is 5.42. The fourth-order valence-electron chi connectivity index (χ4n) is 2.22. The molecule has 0 atom stereocenters. The van der Waals surface area contributed by atoms with Crippen LogP contribution in [0, 0.1) is 13.8 Å². The van der Waals surface area contributed by atoms with E-state index in [1.54, 1.807) is 31.2 Å². The molecule has 2 aromatic rings. The number of hydrogen-bond acceptors (Lipinski definition) is 4. The molecule has 0 unspecified atom stereocenters. The molecule has 0 aliphatic carbocycles. The number of ether oxygens (including phenoxy) is 2. The first-order valence-corrected chi connectivity index (χ1v) is 8.51. The second kappa shape index (κ2) is 9.46. The third-order valence-electron chi connectivity index (χ3n) is 3.79. The smallest absolute Gasteiger partial charge is 0.338 e. The van der Waals surface area contributed by atoms with Crippen molar-refractivity contribution in [3.63, 3.8) is 0 Å². The Morgan fingerprint density at radius 1 is 1.00 bits per heavy atom. The van der Waals surface area contributed by atoms with Gasteiger partial charge in [-0.15, -0.1) is 0 Å². The lowest BCUT2D eigenvalue weighted by Crippen LogP contribution is -2.32. The highest BCUT2D eigenvalue weighted by atomic mass is 16.5. The van der Waals surface area contributed by atoms with Crippen molar-refractivity contribution in [2.75, 3.05) is 25.1 Å². The highest BCUT2D eigenvalue weighted by molar-refractivity contribution is 5.92. The standard InChI is InChI=1S/C20H24N2O4/c1-4-25-19(23)16-6-8-17(9-7-16)22-20(24)21-11-12-26-18-10-5-14(2)15(3)13-18/h5-10,13H,4,11-12H2,1-3H3,(H2,21,22,24). The Labute approximate surface area is 153 Å². The van der Waals surface area contributed by atoms with Gasteiger partial charge in [0.15, 0.2) is 0 Å². The Balaban J connectivity index is 1.73. The van der Waals surface area contributed by atoms with E-state index >= 15 is 0 Å². The summed E-state index contributed by atoms with van der Waals surface area (Å²) in [5.74, 6) is 0.400. The van der Waals surface area contributed by atoms with Gasteiger partial charge in [-0.2, -0.15) is 0 Å². The molecule has 0 heterocycles. The van der Waals surface area contributed by atoms with Crippen LogP contribution in [0.2, 0.25) is 0 Å². The normalized spacial score (nSPS) is 10.1. The van der Waals surface area contributed by atoms with Crippen molar-refractivity contribution in [1.29, 1.82) is 0 Å². The van der Waals surface area contributed by atoms with Crippen LogP contribution < -0.4 is 15.4 Å². The number of carbonyl (C=O) groups excluding carboxylic acids is 2. The number of hydrogen-bond donors (Lipinski definition) is 2. The van der Waals surface area contributed by atoms with Gasteiger partial charge in [-0.25, -0.2) is 9.59 Å². The van der Waals surface area contributed by atoms with Crippen molar-refractivity contribution in [3.8, 4) is 5.75 Å². The number of benzene rings is 2. The number of urea groups is 1. The summed E-state index contributed by atoms with van der Waals surface area (Å²) >= 11 is 0. The topological polar surface area (TPSA) is 76.7 Å². The lowest BCUT2D eigenvalue weighted by atomic mass is 10.1. The molecule has 0 saturated heterocycles. The average Bonchev–Trinajstić information content (AvgIpc) is 2.62. The second-order valence-electron chi connectivity index (χ2n) is 5.77. The molecule has 0 aliphatic heterocycles. The first-order valence-electron chi connectivity index (χ1n) is 8.51. The number of amides is 2. The van der Waals surface area contributed by atoms with Crippen molar-refractivity contribution in [2.24, 2.45) is 0 Å². The Kier molecular flexibility index (Phi) is 7.02. The molecule has 2 amide bonds. The van der Waals surface area contributed by atoms with Gasteiger partial charge in [0, 0.05) is 5.69 Å². The van der Waals surface area contributed by atoms with Crippen molar-refractivity contribution < 1.29 is 19.1 Å². The molecule has 138 valence electrons. The van der Waals surface area contributed by atoms with Crippen molar-refractivity contribution in [3.05, 3.63) is 59.2 Å². The molecule has 0 bridgehead atoms. The minimum absolute atomic E-state index is 0.325. The summed E-state index contributed by atoms with van der Waals surface area (Å²) < 4.78 is 10.5. The maximum atomic E-state index is 11.9. The summed E-state index contributed by atoms with van der Waals surface area (Å²) in [4.78, 5) is 23.4. The predicted molar refractivity (Wildman–Crippen MR) is 101 cm³/mol. The van der Waals surface area contributed by atoms with E-state index in [1.165, 1.54) is 11.1 Å². The Morgan fingerprint density at radius 3 is 2.38 bits per heavy atom. The molecule has 6 heteroatoms. The minimum Gasteiger partial charge on any atom is -0.492 e. The SMILES string of the molecule is CCOC(=O)c1ccc(NC(=O)NCCOc2ccc(C)c(C)c2)cc1. The molecule has 6 nitrogen and oxygen atoms in total. The van der Waals surface area contributed by atoms with E-state index < -0.39 is 0 Å². The van der Waals surface area contributed by atoms with Crippen molar-refractivity contribution in [1.82, 2.24) is 5.32 Å². The number of esters is 1. The van der Waals surface area contributed by atoms with Crippen molar-refractivity contribution >= 4 is 17.7 Å². The average molecular weight is 356 g/mol. The quantitative estimate of drug-likeness (QED) is 0.586. The molecule has 0 spiro atoms. The first kappa shape index (κ1) is 19.3. The van der Waals surface area contributed by atoms with Crippen LogP contribution in [0.1, 0.15) is 28.4 Å². The van der Waals surface area contributed by atoms with Crippen LogP contribution in [-0.4, -0.2) is 31.8 Å². The molecule has 0 fully saturated rings. The molecule has 0 radical (unpaired) electrons. The number of nitrogens with one attached hydrogen (secondary N) is 2. The summed E-state index contributed by atoms with van der Waals surface area (Å²) in [7, 11) is 0. The van der Waals surface area contributed by atoms with E-state index in [2.05, 4.69) is 10.6 Å². The van der Waals surface area contributed by atoms with E-state index in [1.807, 2.05) is 32.0 Å². The van der Waals surface area contributed by atoms with Crippen LogP contribution in [0.3, 0.4) is 0 Å². The fraction of sp³-hybridized carbons (Fsp3) is 0.300. The van der Waals surface area contributed by atoms with Gasteiger partial charge in [-0.3, -0.25) is 0 Å². The largest absolute Gasteiger partial charge is 0.492 e. The van der Waals surface area contributed by atoms with Gasteiger partial charge in [0.2, 0.25) is 0 Å². The zero-order chi connectivity index (χ0) is 18.9. The predicted octanol–water partition coefficient (Wildman–Crippen LogP) is 3.68. The van der Waals surface area contributed by atoms with Gasteiger partial charge in [0.05, 0.1) is 18.7 Å². The zero-order valence-electron chi connectivity index (χ0n) is 15.3. The minimum atomic E-state index is -0.382. The maximum absolute atomic E-state index is 11.9. The summed E-state index contributed by atoms with van der Waals surface area (Å²) in [6, 6.07) is 12.1. The fourth-order valence-corrected chi connectivity index (χ4v) is 2.22. The number of rotatable bonds is 7. The van der Waals surface area contributed by atoms with Gasteiger partial charge in [0.25, 0.3) is 0 Å². The summed E-state index contributed by atoms with van der Waals surface area (Å²) in [6.07, 6.45) is 0. The van der Waals surface area contributed by atoms with Crippen molar-refractivity contribution in [2.45, 2.75) is 20.8 Å². The van der Waals surface area contributed by atoms with Gasteiger partial charge in [-0.1, -0.05) is 6.07 Å². The molecule has 2 rings (SSSR count). The Hall–Kier alpha value is -3.02. The van der Waals surface area contributed by atoms with Gasteiger partial charge in [0.1, 0.15) is 12.4 Å². The molecular formula is C20H24N2O4. The number of aryl methyl sites for hydroxylation is 2. The van der Waals surface area contributed by atoms with Crippen LogP contribution >= 0.6 is 0 Å². The highest BCUT2D eigenvalue weighted by Gasteiger charge is 2.07. The number of anilines is 1. The van der Waals surface area contributed by atoms with E-state index in [0.29, 0.717) is 31.0 Å². The number of carbonyl (C=O) groups is 2. The lowest BCUT2D eigenvalue weighted by molar-refractivity contribution is 0.0526. The molecule has 0 saturated carbocycles.